The van der Waals surface area contributed by atoms with Crippen molar-refractivity contribution in [1.29, 1.82) is 0 Å². The van der Waals surface area contributed by atoms with Crippen LogP contribution in [0.25, 0.3) is 11.0 Å². The Morgan fingerprint density at radius 2 is 1.90 bits per heavy atom. The molecule has 160 valence electrons. The summed E-state index contributed by atoms with van der Waals surface area (Å²) in [6.45, 7) is 1.96. The Kier molecular flexibility index (Phi) is 5.02. The Morgan fingerprint density at radius 1 is 1.13 bits per heavy atom. The number of aromatic amines is 1. The average molecular weight is 440 g/mol. The molecule has 0 bridgehead atoms. The first-order valence-corrected chi connectivity index (χ1v) is 10.9. The first-order chi connectivity index (χ1) is 15.0. The molecule has 2 fully saturated rings. The Morgan fingerprint density at radius 3 is 2.61 bits per heavy atom. The SMILES string of the molecule is O=C(Nc1ccc(N2CCCCC2)c(Cl)c1)c1cnc2c(c1)c(=O)[nH]c(=O)n2C1CC1. The van der Waals surface area contributed by atoms with E-state index in [9.17, 15) is 14.4 Å². The minimum Gasteiger partial charge on any atom is -0.370 e. The summed E-state index contributed by atoms with van der Waals surface area (Å²) in [5.74, 6) is -0.403. The lowest BCUT2D eigenvalue weighted by atomic mass is 10.1. The molecule has 2 N–H and O–H groups in total. The van der Waals surface area contributed by atoms with Crippen LogP contribution in [0.15, 0.2) is 40.1 Å². The topological polar surface area (TPSA) is 100 Å². The molecule has 3 heterocycles. The lowest BCUT2D eigenvalue weighted by Gasteiger charge is -2.29. The van der Waals surface area contributed by atoms with E-state index in [4.69, 9.17) is 11.6 Å². The van der Waals surface area contributed by atoms with Crippen molar-refractivity contribution >= 4 is 39.9 Å². The van der Waals surface area contributed by atoms with E-state index in [-0.39, 0.29) is 17.0 Å². The van der Waals surface area contributed by atoms with Crippen LogP contribution in [0.1, 0.15) is 48.5 Å². The van der Waals surface area contributed by atoms with Gasteiger partial charge < -0.3 is 10.2 Å². The molecule has 1 saturated heterocycles. The molecular formula is C22H22ClN5O3. The minimum atomic E-state index is -0.548. The number of hydrogen-bond acceptors (Lipinski definition) is 5. The number of hydrogen-bond donors (Lipinski definition) is 2. The molecule has 1 amide bonds. The molecule has 2 aromatic heterocycles. The maximum Gasteiger partial charge on any atom is 0.330 e. The van der Waals surface area contributed by atoms with Gasteiger partial charge in [-0.3, -0.25) is 19.1 Å². The van der Waals surface area contributed by atoms with Crippen molar-refractivity contribution in [2.24, 2.45) is 0 Å². The number of anilines is 2. The first-order valence-electron chi connectivity index (χ1n) is 10.5. The fraction of sp³-hybridized carbons (Fsp3) is 0.364. The van der Waals surface area contributed by atoms with Crippen LogP contribution in [0.3, 0.4) is 0 Å². The summed E-state index contributed by atoms with van der Waals surface area (Å²) in [4.78, 5) is 46.1. The Bertz CT molecular complexity index is 1290. The smallest absolute Gasteiger partial charge is 0.330 e. The largest absolute Gasteiger partial charge is 0.370 e. The molecule has 1 aromatic carbocycles. The van der Waals surface area contributed by atoms with E-state index in [1.54, 1.807) is 6.07 Å². The number of rotatable bonds is 4. The summed E-state index contributed by atoms with van der Waals surface area (Å²) in [5.41, 5.74) is 1.06. The van der Waals surface area contributed by atoms with E-state index < -0.39 is 17.2 Å². The zero-order chi connectivity index (χ0) is 21.5. The van der Waals surface area contributed by atoms with Gasteiger partial charge in [0.05, 0.1) is 21.7 Å². The van der Waals surface area contributed by atoms with E-state index in [0.717, 1.165) is 44.5 Å². The molecule has 1 aliphatic carbocycles. The number of H-pyrrole nitrogens is 1. The predicted molar refractivity (Wildman–Crippen MR) is 120 cm³/mol. The van der Waals surface area contributed by atoms with Gasteiger partial charge in [-0.05, 0) is 56.4 Å². The van der Waals surface area contributed by atoms with Crippen molar-refractivity contribution < 1.29 is 4.79 Å². The summed E-state index contributed by atoms with van der Waals surface area (Å²) in [5, 5.41) is 3.62. The molecule has 1 aliphatic heterocycles. The second-order valence-corrected chi connectivity index (χ2v) is 8.53. The van der Waals surface area contributed by atoms with Crippen LogP contribution < -0.4 is 21.5 Å². The highest BCUT2D eigenvalue weighted by atomic mass is 35.5. The van der Waals surface area contributed by atoms with Crippen molar-refractivity contribution in [2.45, 2.75) is 38.1 Å². The van der Waals surface area contributed by atoms with E-state index in [1.807, 2.05) is 12.1 Å². The summed E-state index contributed by atoms with van der Waals surface area (Å²) in [7, 11) is 0. The van der Waals surface area contributed by atoms with Gasteiger partial charge in [0.25, 0.3) is 11.5 Å². The monoisotopic (exact) mass is 439 g/mol. The van der Waals surface area contributed by atoms with E-state index >= 15 is 0 Å². The lowest BCUT2D eigenvalue weighted by molar-refractivity contribution is 0.102. The highest BCUT2D eigenvalue weighted by Gasteiger charge is 2.28. The summed E-state index contributed by atoms with van der Waals surface area (Å²) in [6, 6.07) is 6.99. The number of piperidine rings is 1. The van der Waals surface area contributed by atoms with Gasteiger partial charge in [-0.25, -0.2) is 9.78 Å². The van der Waals surface area contributed by atoms with Crippen LogP contribution >= 0.6 is 11.6 Å². The van der Waals surface area contributed by atoms with Gasteiger partial charge >= 0.3 is 5.69 Å². The third kappa shape index (κ3) is 3.83. The van der Waals surface area contributed by atoms with Crippen LogP contribution in [0.4, 0.5) is 11.4 Å². The van der Waals surface area contributed by atoms with Crippen molar-refractivity contribution in [3.8, 4) is 0 Å². The van der Waals surface area contributed by atoms with Crippen LogP contribution in [0.2, 0.25) is 5.02 Å². The normalized spacial score (nSPS) is 16.5. The summed E-state index contributed by atoms with van der Waals surface area (Å²) >= 11 is 6.48. The molecular weight excluding hydrogens is 418 g/mol. The van der Waals surface area contributed by atoms with Gasteiger partial charge in [0.1, 0.15) is 5.65 Å². The van der Waals surface area contributed by atoms with E-state index in [0.29, 0.717) is 16.4 Å². The zero-order valence-electron chi connectivity index (χ0n) is 16.9. The van der Waals surface area contributed by atoms with Crippen molar-refractivity contribution in [3.63, 3.8) is 0 Å². The summed E-state index contributed by atoms with van der Waals surface area (Å²) in [6.07, 6.45) is 6.67. The fourth-order valence-corrected chi connectivity index (χ4v) is 4.41. The average Bonchev–Trinajstić information content (AvgIpc) is 3.59. The van der Waals surface area contributed by atoms with E-state index in [2.05, 4.69) is 20.2 Å². The number of carbonyl (C=O) groups excluding carboxylic acids is 1. The number of aromatic nitrogens is 3. The molecule has 0 radical (unpaired) electrons. The van der Waals surface area contributed by atoms with Crippen LogP contribution in [-0.4, -0.2) is 33.5 Å². The quantitative estimate of drug-likeness (QED) is 0.649. The molecule has 0 unspecified atom stereocenters. The summed E-state index contributed by atoms with van der Waals surface area (Å²) < 4.78 is 1.50. The van der Waals surface area contributed by atoms with Crippen molar-refractivity contribution in [3.05, 3.63) is 61.9 Å². The molecule has 0 atom stereocenters. The number of benzene rings is 1. The van der Waals surface area contributed by atoms with Crippen LogP contribution in [0.5, 0.6) is 0 Å². The molecule has 8 nitrogen and oxygen atoms in total. The van der Waals surface area contributed by atoms with Crippen molar-refractivity contribution in [2.75, 3.05) is 23.3 Å². The third-order valence-corrected chi connectivity index (χ3v) is 6.16. The molecule has 0 spiro atoms. The number of fused-ring (bicyclic) bond motifs is 1. The number of nitrogens with zero attached hydrogens (tertiary/aromatic N) is 3. The van der Waals surface area contributed by atoms with Gasteiger partial charge in [0.15, 0.2) is 0 Å². The standard InChI is InChI=1S/C22H22ClN5O3/c23-17-11-14(4-7-18(17)27-8-2-1-3-9-27)25-20(29)13-10-16-19(24-12-13)28(15-5-6-15)22(31)26-21(16)30/h4,7,10-12,15H,1-3,5-6,8-9H2,(H,25,29)(H,26,30,31). The molecule has 1 saturated carbocycles. The molecule has 5 rings (SSSR count). The van der Waals surface area contributed by atoms with Crippen LogP contribution in [-0.2, 0) is 0 Å². The number of halogens is 1. The number of nitrogens with one attached hydrogen (secondary N) is 2. The Hall–Kier alpha value is -3.13. The van der Waals surface area contributed by atoms with Gasteiger partial charge in [0, 0.05) is 31.0 Å². The fourth-order valence-electron chi connectivity index (χ4n) is 4.11. The number of amides is 1. The first kappa shape index (κ1) is 19.8. The van der Waals surface area contributed by atoms with Crippen LogP contribution in [0, 0.1) is 0 Å². The predicted octanol–water partition coefficient (Wildman–Crippen LogP) is 3.32. The van der Waals surface area contributed by atoms with Gasteiger partial charge in [-0.1, -0.05) is 11.6 Å². The second-order valence-electron chi connectivity index (χ2n) is 8.12. The minimum absolute atomic E-state index is 0.0552. The highest BCUT2D eigenvalue weighted by molar-refractivity contribution is 6.33. The maximum absolute atomic E-state index is 12.8. The lowest BCUT2D eigenvalue weighted by Crippen LogP contribution is -2.30. The molecule has 3 aromatic rings. The third-order valence-electron chi connectivity index (χ3n) is 5.86. The molecule has 9 heteroatoms. The molecule has 31 heavy (non-hydrogen) atoms. The molecule has 2 aliphatic rings. The maximum atomic E-state index is 12.8. The Labute approximate surface area is 182 Å². The Balaban J connectivity index is 1.41. The van der Waals surface area contributed by atoms with Gasteiger partial charge in [-0.15, -0.1) is 0 Å². The van der Waals surface area contributed by atoms with Gasteiger partial charge in [0.2, 0.25) is 0 Å². The van der Waals surface area contributed by atoms with E-state index in [1.165, 1.54) is 23.3 Å². The second kappa shape index (κ2) is 7.85. The number of carbonyl (C=O) groups is 1. The zero-order valence-corrected chi connectivity index (χ0v) is 17.6. The van der Waals surface area contributed by atoms with Crippen molar-refractivity contribution in [1.82, 2.24) is 14.5 Å². The number of pyridine rings is 1. The van der Waals surface area contributed by atoms with Gasteiger partial charge in [-0.2, -0.15) is 0 Å². The highest BCUT2D eigenvalue weighted by Crippen LogP contribution is 2.35.